The number of nitrogens with zero attached hydrogens (tertiary/aromatic N) is 1. The first kappa shape index (κ1) is 11.6. The van der Waals surface area contributed by atoms with Crippen molar-refractivity contribution in [3.63, 3.8) is 0 Å². The van der Waals surface area contributed by atoms with Gasteiger partial charge < -0.3 is 14.9 Å². The van der Waals surface area contributed by atoms with Crippen LogP contribution in [0.2, 0.25) is 0 Å². The Morgan fingerprint density at radius 2 is 2.44 bits per heavy atom. The molecule has 16 heavy (non-hydrogen) atoms. The Labute approximate surface area is 96.4 Å². The first-order valence-corrected chi connectivity index (χ1v) is 5.83. The Morgan fingerprint density at radius 3 is 2.94 bits per heavy atom. The molecule has 1 atom stereocenters. The van der Waals surface area contributed by atoms with E-state index in [1.807, 2.05) is 6.07 Å². The summed E-state index contributed by atoms with van der Waals surface area (Å²) in [6.45, 7) is 2.32. The maximum atomic E-state index is 5.88. The third-order valence-electron chi connectivity index (χ3n) is 3.12. The molecule has 0 radical (unpaired) electrons. The molecule has 1 aliphatic rings. The topological polar surface area (TPSA) is 51.6 Å². The van der Waals surface area contributed by atoms with Gasteiger partial charge in [-0.3, -0.25) is 4.90 Å². The van der Waals surface area contributed by atoms with Gasteiger partial charge in [-0.15, -0.1) is 0 Å². The minimum absolute atomic E-state index is 0.265. The van der Waals surface area contributed by atoms with Gasteiger partial charge in [0.05, 0.1) is 25.2 Å². The smallest absolute Gasteiger partial charge is 0.0950 e. The van der Waals surface area contributed by atoms with Crippen LogP contribution in [0, 0.1) is 0 Å². The van der Waals surface area contributed by atoms with Gasteiger partial charge in [0.15, 0.2) is 0 Å². The number of nitrogens with two attached hydrogens (primary N) is 1. The zero-order valence-corrected chi connectivity index (χ0v) is 9.76. The van der Waals surface area contributed by atoms with Crippen molar-refractivity contribution in [1.82, 2.24) is 4.90 Å². The average molecular weight is 224 g/mol. The predicted octanol–water partition coefficient (Wildman–Crippen LogP) is 1.39. The predicted molar refractivity (Wildman–Crippen MR) is 62.1 cm³/mol. The van der Waals surface area contributed by atoms with E-state index in [-0.39, 0.29) is 6.04 Å². The summed E-state index contributed by atoms with van der Waals surface area (Å²) in [5, 5.41) is 0. The zero-order valence-electron chi connectivity index (χ0n) is 9.76. The highest BCUT2D eigenvalue weighted by atomic mass is 16.5. The molecule has 1 saturated carbocycles. The van der Waals surface area contributed by atoms with Crippen LogP contribution in [0.4, 0.5) is 0 Å². The normalized spacial score (nSPS) is 17.9. The summed E-state index contributed by atoms with van der Waals surface area (Å²) in [7, 11) is 1.74. The van der Waals surface area contributed by atoms with Crippen LogP contribution in [0.5, 0.6) is 0 Å². The van der Waals surface area contributed by atoms with Crippen LogP contribution < -0.4 is 5.73 Å². The highest BCUT2D eigenvalue weighted by Gasteiger charge is 2.34. The van der Waals surface area contributed by atoms with Crippen molar-refractivity contribution in [3.8, 4) is 0 Å². The van der Waals surface area contributed by atoms with E-state index >= 15 is 0 Å². The van der Waals surface area contributed by atoms with Crippen molar-refractivity contribution >= 4 is 0 Å². The lowest BCUT2D eigenvalue weighted by molar-refractivity contribution is 0.115. The molecule has 0 aromatic carbocycles. The molecule has 1 heterocycles. The summed E-state index contributed by atoms with van der Waals surface area (Å²) in [6.07, 6.45) is 6.05. The van der Waals surface area contributed by atoms with Crippen molar-refractivity contribution in [2.24, 2.45) is 5.73 Å². The Bertz CT molecular complexity index is 296. The standard InChI is InChI=1S/C12H20N2O2/c1-15-7-5-14(11-2-3-11)12(8-13)10-4-6-16-9-10/h4,6,9,11-12H,2-3,5,7-8,13H2,1H3. The van der Waals surface area contributed by atoms with E-state index in [0.29, 0.717) is 12.6 Å². The van der Waals surface area contributed by atoms with Crippen LogP contribution in [-0.2, 0) is 4.74 Å². The van der Waals surface area contributed by atoms with E-state index < -0.39 is 0 Å². The van der Waals surface area contributed by atoms with Crippen LogP contribution in [0.25, 0.3) is 0 Å². The molecule has 0 amide bonds. The summed E-state index contributed by atoms with van der Waals surface area (Å²) < 4.78 is 10.3. The van der Waals surface area contributed by atoms with E-state index in [2.05, 4.69) is 4.90 Å². The fourth-order valence-electron chi connectivity index (χ4n) is 2.12. The van der Waals surface area contributed by atoms with Crippen molar-refractivity contribution < 1.29 is 9.15 Å². The Balaban J connectivity index is 2.03. The van der Waals surface area contributed by atoms with E-state index in [9.17, 15) is 0 Å². The second kappa shape index (κ2) is 5.48. The molecule has 0 bridgehead atoms. The quantitative estimate of drug-likeness (QED) is 0.760. The minimum atomic E-state index is 0.265. The van der Waals surface area contributed by atoms with E-state index in [0.717, 1.165) is 13.2 Å². The summed E-state index contributed by atoms with van der Waals surface area (Å²) in [6, 6.07) is 2.94. The molecule has 1 fully saturated rings. The van der Waals surface area contributed by atoms with Gasteiger partial charge in [0.1, 0.15) is 0 Å². The Kier molecular flexibility index (Phi) is 3.98. The van der Waals surface area contributed by atoms with Gasteiger partial charge in [-0.05, 0) is 18.9 Å². The number of methoxy groups -OCH3 is 1. The molecule has 0 saturated heterocycles. The lowest BCUT2D eigenvalue weighted by atomic mass is 10.1. The SMILES string of the molecule is COCCN(C1CC1)C(CN)c1ccoc1. The van der Waals surface area contributed by atoms with Crippen LogP contribution in [0.1, 0.15) is 24.4 Å². The molecule has 90 valence electrons. The fraction of sp³-hybridized carbons (Fsp3) is 0.667. The van der Waals surface area contributed by atoms with Crippen LogP contribution >= 0.6 is 0 Å². The van der Waals surface area contributed by atoms with Gasteiger partial charge in [-0.1, -0.05) is 0 Å². The van der Waals surface area contributed by atoms with Gasteiger partial charge in [-0.2, -0.15) is 0 Å². The second-order valence-corrected chi connectivity index (χ2v) is 4.27. The number of ether oxygens (including phenoxy) is 1. The summed E-state index contributed by atoms with van der Waals surface area (Å²) in [4.78, 5) is 2.44. The monoisotopic (exact) mass is 224 g/mol. The highest BCUT2D eigenvalue weighted by Crippen LogP contribution is 2.33. The largest absolute Gasteiger partial charge is 0.472 e. The molecular formula is C12H20N2O2. The van der Waals surface area contributed by atoms with Gasteiger partial charge in [0.25, 0.3) is 0 Å². The van der Waals surface area contributed by atoms with E-state index in [1.54, 1.807) is 19.6 Å². The maximum absolute atomic E-state index is 5.88. The first-order valence-electron chi connectivity index (χ1n) is 5.83. The first-order chi connectivity index (χ1) is 7.86. The number of furan rings is 1. The van der Waals surface area contributed by atoms with Crippen molar-refractivity contribution in [3.05, 3.63) is 24.2 Å². The molecule has 1 aromatic heterocycles. The van der Waals surface area contributed by atoms with Gasteiger partial charge in [-0.25, -0.2) is 0 Å². The minimum Gasteiger partial charge on any atom is -0.472 e. The number of hydrogen-bond donors (Lipinski definition) is 1. The van der Waals surface area contributed by atoms with Crippen molar-refractivity contribution in [1.29, 1.82) is 0 Å². The fourth-order valence-corrected chi connectivity index (χ4v) is 2.12. The van der Waals surface area contributed by atoms with Crippen molar-refractivity contribution in [2.75, 3.05) is 26.8 Å². The molecule has 1 unspecified atom stereocenters. The molecule has 4 nitrogen and oxygen atoms in total. The molecule has 0 aliphatic heterocycles. The van der Waals surface area contributed by atoms with Crippen molar-refractivity contribution in [2.45, 2.75) is 24.9 Å². The lowest BCUT2D eigenvalue weighted by Crippen LogP contribution is -2.37. The van der Waals surface area contributed by atoms with E-state index in [4.69, 9.17) is 14.9 Å². The van der Waals surface area contributed by atoms with Crippen LogP contribution in [0.3, 0.4) is 0 Å². The maximum Gasteiger partial charge on any atom is 0.0950 e. The summed E-state index contributed by atoms with van der Waals surface area (Å²) in [5.74, 6) is 0. The lowest BCUT2D eigenvalue weighted by Gasteiger charge is -2.30. The summed E-state index contributed by atoms with van der Waals surface area (Å²) >= 11 is 0. The second-order valence-electron chi connectivity index (χ2n) is 4.27. The molecule has 4 heteroatoms. The molecule has 2 rings (SSSR count). The molecule has 2 N–H and O–H groups in total. The molecule has 0 spiro atoms. The Hall–Kier alpha value is -0.840. The van der Waals surface area contributed by atoms with Gasteiger partial charge >= 0.3 is 0 Å². The molecular weight excluding hydrogens is 204 g/mol. The zero-order chi connectivity index (χ0) is 11.4. The molecule has 1 aliphatic carbocycles. The third kappa shape index (κ3) is 2.64. The average Bonchev–Trinajstić information content (AvgIpc) is 3.00. The number of rotatable bonds is 7. The summed E-state index contributed by atoms with van der Waals surface area (Å²) in [5.41, 5.74) is 7.05. The third-order valence-corrected chi connectivity index (χ3v) is 3.12. The highest BCUT2D eigenvalue weighted by molar-refractivity contribution is 5.13. The van der Waals surface area contributed by atoms with Crippen LogP contribution in [0.15, 0.2) is 23.0 Å². The van der Waals surface area contributed by atoms with Gasteiger partial charge in [0, 0.05) is 31.8 Å². The van der Waals surface area contributed by atoms with E-state index in [1.165, 1.54) is 18.4 Å². The number of hydrogen-bond acceptors (Lipinski definition) is 4. The molecule has 1 aromatic rings. The van der Waals surface area contributed by atoms with Crippen LogP contribution in [-0.4, -0.2) is 37.7 Å². The Morgan fingerprint density at radius 1 is 1.62 bits per heavy atom. The van der Waals surface area contributed by atoms with Gasteiger partial charge in [0.2, 0.25) is 0 Å².